The van der Waals surface area contributed by atoms with Gasteiger partial charge in [0.1, 0.15) is 11.3 Å². The summed E-state index contributed by atoms with van der Waals surface area (Å²) in [6.45, 7) is 2.14. The molecule has 11 rings (SSSR count). The molecule has 0 atom stereocenters. The Morgan fingerprint density at radius 2 is 0.770 bits per heavy atom. The number of aryl methyl sites for hydroxylation is 1. The molecule has 61 heavy (non-hydrogen) atoms. The number of fused-ring (bicyclic) bond motifs is 4. The van der Waals surface area contributed by atoms with Gasteiger partial charge in [-0.2, -0.15) is 0 Å². The number of hydrogen-bond donors (Lipinski definition) is 0. The van der Waals surface area contributed by atoms with Crippen molar-refractivity contribution in [3.8, 4) is 55.8 Å². The minimum absolute atomic E-state index is 0.920. The van der Waals surface area contributed by atoms with Crippen molar-refractivity contribution in [3.05, 3.63) is 236 Å². The van der Waals surface area contributed by atoms with Gasteiger partial charge in [0.2, 0.25) is 0 Å². The van der Waals surface area contributed by atoms with Gasteiger partial charge in [0.15, 0.2) is 0 Å². The van der Waals surface area contributed by atoms with Crippen molar-refractivity contribution in [2.75, 3.05) is 4.90 Å². The Morgan fingerprint density at radius 3 is 1.48 bits per heavy atom. The third-order valence-corrected chi connectivity index (χ3v) is 12.1. The second kappa shape index (κ2) is 15.3. The van der Waals surface area contributed by atoms with Crippen LogP contribution < -0.4 is 4.90 Å². The third kappa shape index (κ3) is 6.84. The fraction of sp³-hybridized carbons (Fsp3) is 0.0169. The lowest BCUT2D eigenvalue weighted by atomic mass is 9.97. The predicted molar refractivity (Wildman–Crippen MR) is 258 cm³/mol. The van der Waals surface area contributed by atoms with E-state index in [9.17, 15) is 0 Å². The first-order valence-electron chi connectivity index (χ1n) is 20.9. The first kappa shape index (κ1) is 36.2. The van der Waals surface area contributed by atoms with Gasteiger partial charge in [-0.1, -0.05) is 176 Å². The van der Waals surface area contributed by atoms with E-state index in [1.807, 2.05) is 12.1 Å². The van der Waals surface area contributed by atoms with Gasteiger partial charge in [-0.25, -0.2) is 0 Å². The topological polar surface area (TPSA) is 16.4 Å². The molecule has 0 aliphatic heterocycles. The summed E-state index contributed by atoms with van der Waals surface area (Å²) in [7, 11) is 0. The van der Waals surface area contributed by atoms with Crippen molar-refractivity contribution in [2.24, 2.45) is 0 Å². The zero-order valence-corrected chi connectivity index (χ0v) is 33.8. The minimum Gasteiger partial charge on any atom is -0.456 e. The van der Waals surface area contributed by atoms with E-state index in [1.165, 1.54) is 66.1 Å². The van der Waals surface area contributed by atoms with Crippen molar-refractivity contribution in [1.29, 1.82) is 0 Å². The highest BCUT2D eigenvalue weighted by Gasteiger charge is 2.16. The molecule has 1 heterocycles. The van der Waals surface area contributed by atoms with Crippen LogP contribution in [0.4, 0.5) is 17.1 Å². The molecule has 2 nitrogen and oxygen atoms in total. The van der Waals surface area contributed by atoms with E-state index < -0.39 is 0 Å². The van der Waals surface area contributed by atoms with Gasteiger partial charge in [0, 0.05) is 33.6 Å². The van der Waals surface area contributed by atoms with Crippen molar-refractivity contribution in [2.45, 2.75) is 6.92 Å². The van der Waals surface area contributed by atoms with Crippen molar-refractivity contribution < 1.29 is 4.42 Å². The summed E-state index contributed by atoms with van der Waals surface area (Å²) in [4.78, 5) is 2.35. The number of anilines is 3. The molecule has 0 unspecified atom stereocenters. The first-order valence-corrected chi connectivity index (χ1v) is 20.9. The molecule has 0 aliphatic carbocycles. The highest BCUT2D eigenvalue weighted by Crippen LogP contribution is 2.40. The molecule has 0 spiro atoms. The fourth-order valence-electron chi connectivity index (χ4n) is 8.85. The average molecular weight is 780 g/mol. The van der Waals surface area contributed by atoms with Gasteiger partial charge >= 0.3 is 0 Å². The smallest absolute Gasteiger partial charge is 0.138 e. The largest absolute Gasteiger partial charge is 0.456 e. The quantitative estimate of drug-likeness (QED) is 0.143. The number of nitrogens with zero attached hydrogens (tertiary/aromatic N) is 1. The molecule has 1 aromatic heterocycles. The molecule has 0 fully saturated rings. The van der Waals surface area contributed by atoms with Gasteiger partial charge in [-0.3, -0.25) is 0 Å². The number of hydrogen-bond acceptors (Lipinski definition) is 2. The predicted octanol–water partition coefficient (Wildman–Crippen LogP) is 16.9. The van der Waals surface area contributed by atoms with Crippen LogP contribution in [-0.2, 0) is 0 Å². The van der Waals surface area contributed by atoms with Crippen LogP contribution >= 0.6 is 0 Å². The van der Waals surface area contributed by atoms with E-state index in [0.29, 0.717) is 0 Å². The van der Waals surface area contributed by atoms with Crippen molar-refractivity contribution >= 4 is 49.6 Å². The molecule has 0 radical (unpaired) electrons. The van der Waals surface area contributed by atoms with Crippen LogP contribution in [0.15, 0.2) is 235 Å². The Bertz CT molecular complexity index is 3340. The Balaban J connectivity index is 0.904. The lowest BCUT2D eigenvalue weighted by molar-refractivity contribution is 0.629. The lowest BCUT2D eigenvalue weighted by Crippen LogP contribution is -2.10. The summed E-state index contributed by atoms with van der Waals surface area (Å²) in [6, 6.07) is 83.0. The molecule has 0 saturated heterocycles. The number of furan rings is 1. The summed E-state index contributed by atoms with van der Waals surface area (Å²) in [5.74, 6) is 0.926. The number of rotatable bonds is 8. The number of benzene rings is 10. The molecule has 2 heteroatoms. The average Bonchev–Trinajstić information content (AvgIpc) is 3.68. The highest BCUT2D eigenvalue weighted by molar-refractivity contribution is 6.08. The second-order valence-corrected chi connectivity index (χ2v) is 15.8. The van der Waals surface area contributed by atoms with Gasteiger partial charge in [0.25, 0.3) is 0 Å². The fourth-order valence-corrected chi connectivity index (χ4v) is 8.85. The van der Waals surface area contributed by atoms with E-state index in [4.69, 9.17) is 4.42 Å². The molecule has 288 valence electrons. The molecule has 0 saturated carbocycles. The third-order valence-electron chi connectivity index (χ3n) is 12.1. The second-order valence-electron chi connectivity index (χ2n) is 15.8. The summed E-state index contributed by atoms with van der Waals surface area (Å²) in [6.07, 6.45) is 0. The van der Waals surface area contributed by atoms with E-state index in [-0.39, 0.29) is 0 Å². The van der Waals surface area contributed by atoms with Crippen LogP contribution in [0.2, 0.25) is 0 Å². The van der Waals surface area contributed by atoms with Gasteiger partial charge in [-0.15, -0.1) is 0 Å². The molecule has 0 aliphatic rings. The molecule has 0 amide bonds. The summed E-state index contributed by atoms with van der Waals surface area (Å²) >= 11 is 0. The highest BCUT2D eigenvalue weighted by atomic mass is 16.3. The summed E-state index contributed by atoms with van der Waals surface area (Å²) in [5.41, 5.74) is 15.9. The SMILES string of the molecule is Cc1c(-c2cccc(-c3ccc(-c4ccc(N(c5ccc(-c6ccc7c(ccc8ccccc87)c6)cc5)c5cccc(-c6ccccc6)c5)cc4)cc3)c2)oc2ccccc12. The van der Waals surface area contributed by atoms with E-state index in [0.717, 1.165) is 44.9 Å². The van der Waals surface area contributed by atoms with Gasteiger partial charge < -0.3 is 9.32 Å². The maximum atomic E-state index is 6.31. The number of para-hydroxylation sites is 1. The van der Waals surface area contributed by atoms with E-state index in [1.54, 1.807) is 0 Å². The summed E-state index contributed by atoms with van der Waals surface area (Å²) in [5, 5.41) is 6.24. The van der Waals surface area contributed by atoms with Crippen LogP contribution in [0, 0.1) is 6.92 Å². The summed E-state index contributed by atoms with van der Waals surface area (Å²) < 4.78 is 6.31. The van der Waals surface area contributed by atoms with Crippen molar-refractivity contribution in [1.82, 2.24) is 0 Å². The minimum atomic E-state index is 0.920. The van der Waals surface area contributed by atoms with E-state index in [2.05, 4.69) is 230 Å². The van der Waals surface area contributed by atoms with Gasteiger partial charge in [-0.05, 0) is 128 Å². The molecule has 10 aromatic carbocycles. The zero-order chi connectivity index (χ0) is 40.7. The standard InChI is InChI=1S/C59H41NO/c1-40-55-18-7-8-20-58(55)61-59(40)51-16-9-14-47(38-51)44-23-21-42(22-24-44)43-27-32-52(33-28-43)60(54-17-10-15-48(39-54)41-11-3-2-4-12-41)53-34-29-45(30-35-53)49-31-36-57-50(37-49)26-25-46-13-5-6-19-56(46)57/h2-39H,1H3. The molecular formula is C59H41NO. The lowest BCUT2D eigenvalue weighted by Gasteiger charge is -2.26. The molecule has 0 bridgehead atoms. The Labute approximate surface area is 356 Å². The van der Waals surface area contributed by atoms with Crippen molar-refractivity contribution in [3.63, 3.8) is 0 Å². The Hall–Kier alpha value is -7.94. The van der Waals surface area contributed by atoms with Crippen LogP contribution in [0.25, 0.3) is 88.3 Å². The maximum absolute atomic E-state index is 6.31. The zero-order valence-electron chi connectivity index (χ0n) is 33.8. The molecular weight excluding hydrogens is 739 g/mol. The van der Waals surface area contributed by atoms with E-state index >= 15 is 0 Å². The maximum Gasteiger partial charge on any atom is 0.138 e. The van der Waals surface area contributed by atoms with Crippen LogP contribution in [0.5, 0.6) is 0 Å². The molecule has 11 aromatic rings. The van der Waals surface area contributed by atoms with Crippen LogP contribution in [0.3, 0.4) is 0 Å². The normalized spacial score (nSPS) is 11.4. The monoisotopic (exact) mass is 779 g/mol. The van der Waals surface area contributed by atoms with Gasteiger partial charge in [0.05, 0.1) is 0 Å². The molecule has 0 N–H and O–H groups in total. The Kier molecular flexibility index (Phi) is 9.09. The van der Waals surface area contributed by atoms with Crippen LogP contribution in [0.1, 0.15) is 5.56 Å². The Morgan fingerprint density at radius 1 is 0.295 bits per heavy atom. The van der Waals surface area contributed by atoms with Crippen LogP contribution in [-0.4, -0.2) is 0 Å². The first-order chi connectivity index (χ1) is 30.1.